The zero-order valence-corrected chi connectivity index (χ0v) is 13.3. The van der Waals surface area contributed by atoms with Gasteiger partial charge in [-0.25, -0.2) is 13.6 Å². The van der Waals surface area contributed by atoms with Crippen LogP contribution in [-0.2, 0) is 11.3 Å². The summed E-state index contributed by atoms with van der Waals surface area (Å²) < 4.78 is 27.6. The van der Waals surface area contributed by atoms with Crippen LogP contribution in [0.3, 0.4) is 0 Å². The second-order valence-electron chi connectivity index (χ2n) is 5.49. The summed E-state index contributed by atoms with van der Waals surface area (Å²) in [6, 6.07) is -1.18. The van der Waals surface area contributed by atoms with Crippen LogP contribution in [0.1, 0.15) is 49.7 Å². The molecule has 1 heterocycles. The molecule has 1 atom stereocenters. The van der Waals surface area contributed by atoms with E-state index in [-0.39, 0.29) is 24.4 Å². The topological polar surface area (TPSA) is 84.2 Å². The van der Waals surface area contributed by atoms with E-state index < -0.39 is 30.0 Å². The number of nitrogens with zero attached hydrogens (tertiary/aromatic N) is 2. The van der Waals surface area contributed by atoms with Crippen LogP contribution in [0, 0.1) is 5.92 Å². The van der Waals surface area contributed by atoms with E-state index in [1.807, 2.05) is 13.8 Å². The molecule has 6 nitrogen and oxygen atoms in total. The van der Waals surface area contributed by atoms with Crippen LogP contribution in [0.25, 0.3) is 0 Å². The van der Waals surface area contributed by atoms with Gasteiger partial charge in [-0.1, -0.05) is 26.0 Å². The average Bonchev–Trinajstić information content (AvgIpc) is 2.85. The van der Waals surface area contributed by atoms with Crippen LogP contribution in [0.5, 0.6) is 0 Å². The highest BCUT2D eigenvalue weighted by molar-refractivity contribution is 5.97. The van der Waals surface area contributed by atoms with Crippen LogP contribution < -0.4 is 5.32 Å². The lowest BCUT2D eigenvalue weighted by molar-refractivity contribution is -0.139. The van der Waals surface area contributed by atoms with Crippen molar-refractivity contribution in [2.24, 2.45) is 5.92 Å². The summed E-state index contributed by atoms with van der Waals surface area (Å²) in [5.74, 6) is -2.03. The molecule has 1 aromatic heterocycles. The molecule has 1 amide bonds. The zero-order valence-electron chi connectivity index (χ0n) is 13.3. The lowest BCUT2D eigenvalue weighted by Gasteiger charge is -2.14. The van der Waals surface area contributed by atoms with E-state index in [0.717, 1.165) is 10.9 Å². The molecule has 0 radical (unpaired) electrons. The van der Waals surface area contributed by atoms with Crippen molar-refractivity contribution in [3.8, 4) is 0 Å². The number of carbonyl (C=O) groups excluding carboxylic acids is 1. The summed E-state index contributed by atoms with van der Waals surface area (Å²) in [6.07, 6.45) is 1.47. The van der Waals surface area contributed by atoms with Crippen molar-refractivity contribution in [3.05, 3.63) is 29.6 Å². The number of halogens is 2. The summed E-state index contributed by atoms with van der Waals surface area (Å²) in [5, 5.41) is 15.2. The summed E-state index contributed by atoms with van der Waals surface area (Å²) in [7, 11) is 0. The molecule has 1 rings (SSSR count). The first kappa shape index (κ1) is 18.8. The van der Waals surface area contributed by atoms with Gasteiger partial charge in [-0.15, -0.1) is 0 Å². The number of carbonyl (C=O) groups is 2. The minimum atomic E-state index is -2.88. The Bertz CT molecular complexity index is 583. The molecule has 0 spiro atoms. The van der Waals surface area contributed by atoms with Gasteiger partial charge < -0.3 is 10.4 Å². The minimum absolute atomic E-state index is 0.0711. The van der Waals surface area contributed by atoms with Gasteiger partial charge in [0, 0.05) is 6.54 Å². The van der Waals surface area contributed by atoms with Crippen molar-refractivity contribution in [2.45, 2.75) is 46.2 Å². The molecule has 0 fully saturated rings. The Morgan fingerprint density at radius 3 is 2.57 bits per heavy atom. The first-order valence-corrected chi connectivity index (χ1v) is 7.26. The maximum Gasteiger partial charge on any atom is 0.326 e. The molecule has 0 saturated carbocycles. The monoisotopic (exact) mass is 329 g/mol. The third kappa shape index (κ3) is 5.15. The molecular formula is C15H21F2N3O3. The molecular weight excluding hydrogens is 308 g/mol. The van der Waals surface area contributed by atoms with Gasteiger partial charge in [-0.05, 0) is 19.3 Å². The minimum Gasteiger partial charge on any atom is -0.480 e. The number of alkyl halides is 2. The number of rotatable bonds is 8. The molecule has 23 heavy (non-hydrogen) atoms. The smallest absolute Gasteiger partial charge is 0.326 e. The number of nitrogens with one attached hydrogen (secondary N) is 1. The summed E-state index contributed by atoms with van der Waals surface area (Å²) in [5.41, 5.74) is -0.793. The summed E-state index contributed by atoms with van der Waals surface area (Å²) in [4.78, 5) is 23.3. The summed E-state index contributed by atoms with van der Waals surface area (Å²) in [6.45, 7) is 5.64. The fourth-order valence-corrected chi connectivity index (χ4v) is 2.02. The predicted octanol–water partition coefficient (Wildman–Crippen LogP) is 2.63. The fraction of sp³-hybridized carbons (Fsp3) is 0.533. The molecule has 128 valence electrons. The third-order valence-corrected chi connectivity index (χ3v) is 3.08. The molecule has 0 bridgehead atoms. The first-order chi connectivity index (χ1) is 10.8. The van der Waals surface area contributed by atoms with Gasteiger partial charge in [0.25, 0.3) is 12.3 Å². The zero-order chi connectivity index (χ0) is 17.6. The average molecular weight is 329 g/mol. The van der Waals surface area contributed by atoms with E-state index in [1.54, 1.807) is 19.1 Å². The van der Waals surface area contributed by atoms with Crippen molar-refractivity contribution in [2.75, 3.05) is 0 Å². The Labute approximate surface area is 133 Å². The third-order valence-electron chi connectivity index (χ3n) is 3.08. The summed E-state index contributed by atoms with van der Waals surface area (Å²) >= 11 is 0. The van der Waals surface area contributed by atoms with E-state index in [1.165, 1.54) is 0 Å². The van der Waals surface area contributed by atoms with Gasteiger partial charge >= 0.3 is 5.97 Å². The van der Waals surface area contributed by atoms with Crippen LogP contribution >= 0.6 is 0 Å². The molecule has 0 saturated heterocycles. The molecule has 0 aliphatic rings. The van der Waals surface area contributed by atoms with Gasteiger partial charge in [-0.3, -0.25) is 9.48 Å². The highest BCUT2D eigenvalue weighted by atomic mass is 19.3. The van der Waals surface area contributed by atoms with E-state index in [0.29, 0.717) is 0 Å². The van der Waals surface area contributed by atoms with Gasteiger partial charge in [0.15, 0.2) is 0 Å². The van der Waals surface area contributed by atoms with Crippen LogP contribution in [0.2, 0.25) is 0 Å². The standard InChI is InChI=1S/C15H21F2N3O3/c1-4-5-6-11(15(22)23)19-14(21)10-7-18-20(8-9(2)3)12(10)13(16)17/h4-5,7,9,11,13H,6,8H2,1-3H3,(H,19,21)(H,22,23)/b5-4+. The highest BCUT2D eigenvalue weighted by Crippen LogP contribution is 2.24. The molecule has 1 aromatic rings. The fourth-order valence-electron chi connectivity index (χ4n) is 2.02. The maximum atomic E-state index is 13.3. The number of aliphatic carboxylic acids is 1. The molecule has 0 aromatic carbocycles. The van der Waals surface area contributed by atoms with Gasteiger partial charge in [0.1, 0.15) is 11.7 Å². The van der Waals surface area contributed by atoms with Crippen LogP contribution in [0.15, 0.2) is 18.3 Å². The number of hydrogen-bond donors (Lipinski definition) is 2. The van der Waals surface area contributed by atoms with E-state index in [4.69, 9.17) is 5.11 Å². The van der Waals surface area contributed by atoms with E-state index >= 15 is 0 Å². The predicted molar refractivity (Wildman–Crippen MR) is 80.3 cm³/mol. The number of hydrogen-bond acceptors (Lipinski definition) is 3. The van der Waals surface area contributed by atoms with Gasteiger partial charge in [0.05, 0.1) is 11.8 Å². The highest BCUT2D eigenvalue weighted by Gasteiger charge is 2.27. The number of aromatic nitrogens is 2. The largest absolute Gasteiger partial charge is 0.480 e. The van der Waals surface area contributed by atoms with Crippen LogP contribution in [-0.4, -0.2) is 32.8 Å². The Morgan fingerprint density at radius 2 is 2.09 bits per heavy atom. The van der Waals surface area contributed by atoms with Crippen molar-refractivity contribution in [3.63, 3.8) is 0 Å². The second kappa shape index (κ2) is 8.40. The molecule has 0 aliphatic carbocycles. The Balaban J connectivity index is 3.02. The van der Waals surface area contributed by atoms with E-state index in [9.17, 15) is 18.4 Å². The molecule has 1 unspecified atom stereocenters. The number of allylic oxidation sites excluding steroid dienone is 1. The molecule has 0 aliphatic heterocycles. The lowest BCUT2D eigenvalue weighted by atomic mass is 10.1. The number of amides is 1. The molecule has 2 N–H and O–H groups in total. The van der Waals surface area contributed by atoms with Crippen molar-refractivity contribution in [1.82, 2.24) is 15.1 Å². The van der Waals surface area contributed by atoms with Gasteiger partial charge in [0.2, 0.25) is 0 Å². The SMILES string of the molecule is C/C=C/CC(NC(=O)c1cnn(CC(C)C)c1C(F)F)C(=O)O. The Kier molecular flexibility index (Phi) is 6.87. The Morgan fingerprint density at radius 1 is 1.43 bits per heavy atom. The van der Waals surface area contributed by atoms with Crippen molar-refractivity contribution in [1.29, 1.82) is 0 Å². The van der Waals surface area contributed by atoms with Crippen molar-refractivity contribution < 1.29 is 23.5 Å². The number of carboxylic acids is 1. The van der Waals surface area contributed by atoms with Crippen LogP contribution in [0.4, 0.5) is 8.78 Å². The number of carboxylic acid groups (broad SMARTS) is 1. The lowest BCUT2D eigenvalue weighted by Crippen LogP contribution is -2.40. The quantitative estimate of drug-likeness (QED) is 0.718. The normalized spacial score (nSPS) is 13.0. The maximum absolute atomic E-state index is 13.3. The molecule has 8 heteroatoms. The Hall–Kier alpha value is -2.25. The first-order valence-electron chi connectivity index (χ1n) is 7.26. The van der Waals surface area contributed by atoms with Gasteiger partial charge in [-0.2, -0.15) is 5.10 Å². The van der Waals surface area contributed by atoms with Crippen molar-refractivity contribution >= 4 is 11.9 Å². The van der Waals surface area contributed by atoms with E-state index in [2.05, 4.69) is 10.4 Å². The second-order valence-corrected chi connectivity index (χ2v) is 5.49.